The molecule has 0 aliphatic carbocycles. The van der Waals surface area contributed by atoms with Crippen LogP contribution in [0.1, 0.15) is 0 Å². The molecule has 0 saturated carbocycles. The van der Waals surface area contributed by atoms with Gasteiger partial charge in [-0.2, -0.15) is 0 Å². The van der Waals surface area contributed by atoms with Crippen molar-refractivity contribution in [1.29, 1.82) is 0 Å². The van der Waals surface area contributed by atoms with Gasteiger partial charge in [-0.05, 0) is 80.2 Å². The van der Waals surface area contributed by atoms with E-state index >= 15 is 0 Å². The molecule has 2 heterocycles. The van der Waals surface area contributed by atoms with Crippen LogP contribution in [-0.2, 0) is 0 Å². The number of nitrogens with zero attached hydrogens (tertiary/aromatic N) is 4. The van der Waals surface area contributed by atoms with Crippen LogP contribution in [0.2, 0.25) is 0 Å². The van der Waals surface area contributed by atoms with Crippen LogP contribution in [0.15, 0.2) is 206 Å². The average Bonchev–Trinajstić information content (AvgIpc) is 3.63. The van der Waals surface area contributed by atoms with E-state index in [4.69, 9.17) is 15.0 Å². The van der Waals surface area contributed by atoms with E-state index in [1.165, 1.54) is 32.7 Å². The Morgan fingerprint density at radius 2 is 0.825 bits per heavy atom. The quantitative estimate of drug-likeness (QED) is 0.171. The van der Waals surface area contributed by atoms with Gasteiger partial charge >= 0.3 is 0 Å². The van der Waals surface area contributed by atoms with Crippen molar-refractivity contribution >= 4 is 43.4 Å². The van der Waals surface area contributed by atoms with Crippen molar-refractivity contribution in [3.8, 4) is 62.1 Å². The highest BCUT2D eigenvalue weighted by Crippen LogP contribution is 2.39. The molecule has 4 heteroatoms. The molecule has 0 amide bonds. The maximum atomic E-state index is 5.35. The molecule has 2 aromatic heterocycles. The molecule has 266 valence electrons. The zero-order chi connectivity index (χ0) is 37.7. The van der Waals surface area contributed by atoms with E-state index in [1.807, 2.05) is 0 Å². The van der Waals surface area contributed by atoms with Crippen LogP contribution in [0.4, 0.5) is 0 Å². The van der Waals surface area contributed by atoms with Gasteiger partial charge in [-0.15, -0.1) is 0 Å². The van der Waals surface area contributed by atoms with E-state index in [0.717, 1.165) is 55.3 Å². The Morgan fingerprint density at radius 3 is 1.54 bits per heavy atom. The fourth-order valence-corrected chi connectivity index (χ4v) is 8.27. The summed E-state index contributed by atoms with van der Waals surface area (Å²) in [5, 5.41) is 7.01. The van der Waals surface area contributed by atoms with Crippen LogP contribution < -0.4 is 0 Å². The Morgan fingerprint density at radius 1 is 0.281 bits per heavy atom. The number of aromatic nitrogens is 4. The van der Waals surface area contributed by atoms with Crippen molar-refractivity contribution in [2.24, 2.45) is 0 Å². The van der Waals surface area contributed by atoms with Crippen molar-refractivity contribution in [1.82, 2.24) is 19.5 Å². The summed E-state index contributed by atoms with van der Waals surface area (Å²) in [6.45, 7) is 0. The highest BCUT2D eigenvalue weighted by molar-refractivity contribution is 6.10. The first kappa shape index (κ1) is 32.7. The lowest BCUT2D eigenvalue weighted by molar-refractivity contribution is 1.07. The van der Waals surface area contributed by atoms with Gasteiger partial charge in [-0.3, -0.25) is 0 Å². The first-order valence-corrected chi connectivity index (χ1v) is 19.3. The van der Waals surface area contributed by atoms with Crippen molar-refractivity contribution in [3.05, 3.63) is 206 Å². The van der Waals surface area contributed by atoms with E-state index in [2.05, 4.69) is 211 Å². The van der Waals surface area contributed by atoms with E-state index in [9.17, 15) is 0 Å². The molecule has 0 unspecified atom stereocenters. The molecule has 0 spiro atoms. The molecule has 0 aliphatic heterocycles. The summed E-state index contributed by atoms with van der Waals surface area (Å²) in [5.41, 5.74) is 10.7. The number of benzene rings is 9. The zero-order valence-electron chi connectivity index (χ0n) is 30.9. The summed E-state index contributed by atoms with van der Waals surface area (Å²) in [6, 6.07) is 72.9. The number of rotatable bonds is 6. The normalized spacial score (nSPS) is 11.5. The smallest absolute Gasteiger partial charge is 0.166 e. The van der Waals surface area contributed by atoms with E-state index in [-0.39, 0.29) is 0 Å². The lowest BCUT2D eigenvalue weighted by atomic mass is 9.97. The summed E-state index contributed by atoms with van der Waals surface area (Å²) in [6.07, 6.45) is 0. The second-order valence-corrected chi connectivity index (χ2v) is 14.4. The van der Waals surface area contributed by atoms with Crippen molar-refractivity contribution in [2.75, 3.05) is 0 Å². The number of fused-ring (bicyclic) bond motifs is 5. The second-order valence-electron chi connectivity index (χ2n) is 14.4. The Hall–Kier alpha value is -7.69. The molecule has 0 fully saturated rings. The fourth-order valence-electron chi connectivity index (χ4n) is 8.27. The van der Waals surface area contributed by atoms with Crippen molar-refractivity contribution in [2.45, 2.75) is 0 Å². The maximum Gasteiger partial charge on any atom is 0.166 e. The van der Waals surface area contributed by atoms with Gasteiger partial charge in [0.05, 0.1) is 16.7 Å². The molecule has 0 atom stereocenters. The minimum Gasteiger partial charge on any atom is -0.308 e. The van der Waals surface area contributed by atoms with Crippen LogP contribution in [0.3, 0.4) is 0 Å². The lowest BCUT2D eigenvalue weighted by Gasteiger charge is -2.16. The SMILES string of the molecule is c1ccc(-c2ccc(-c3nc(-c4ccc5ccccc5c4)nc(-c4ccc5c(-c6ccccc6)cccc5c4)n3)c(-n3c4ccccc4c4ccccc43)c2)cc1. The van der Waals surface area contributed by atoms with Gasteiger partial charge in [0, 0.05) is 27.5 Å². The third-order valence-corrected chi connectivity index (χ3v) is 11.0. The number of hydrogen-bond acceptors (Lipinski definition) is 3. The van der Waals surface area contributed by atoms with Gasteiger partial charge < -0.3 is 4.57 Å². The van der Waals surface area contributed by atoms with Gasteiger partial charge in [0.15, 0.2) is 17.5 Å². The van der Waals surface area contributed by atoms with Crippen LogP contribution in [0.5, 0.6) is 0 Å². The van der Waals surface area contributed by atoms with Gasteiger partial charge in [-0.25, -0.2) is 15.0 Å². The largest absolute Gasteiger partial charge is 0.308 e. The molecule has 0 aliphatic rings. The third kappa shape index (κ3) is 5.74. The van der Waals surface area contributed by atoms with Crippen LogP contribution in [0.25, 0.3) is 105 Å². The summed E-state index contributed by atoms with van der Waals surface area (Å²) >= 11 is 0. The molecule has 0 bridgehead atoms. The predicted octanol–water partition coefficient (Wildman–Crippen LogP) is 13.6. The molecule has 4 nitrogen and oxygen atoms in total. The second kappa shape index (κ2) is 13.6. The predicted molar refractivity (Wildman–Crippen MR) is 236 cm³/mol. The van der Waals surface area contributed by atoms with Crippen LogP contribution >= 0.6 is 0 Å². The molecule has 11 rings (SSSR count). The molecule has 11 aromatic rings. The highest BCUT2D eigenvalue weighted by Gasteiger charge is 2.20. The monoisotopic (exact) mass is 726 g/mol. The summed E-state index contributed by atoms with van der Waals surface area (Å²) in [7, 11) is 0. The minimum absolute atomic E-state index is 0.609. The van der Waals surface area contributed by atoms with Crippen molar-refractivity contribution in [3.63, 3.8) is 0 Å². The molecular formula is C53H34N4. The van der Waals surface area contributed by atoms with Crippen LogP contribution in [0, 0.1) is 0 Å². The maximum absolute atomic E-state index is 5.35. The average molecular weight is 727 g/mol. The molecule has 0 radical (unpaired) electrons. The highest BCUT2D eigenvalue weighted by atomic mass is 15.1. The Kier molecular flexibility index (Phi) is 7.78. The van der Waals surface area contributed by atoms with Crippen molar-refractivity contribution < 1.29 is 0 Å². The fraction of sp³-hybridized carbons (Fsp3) is 0. The van der Waals surface area contributed by atoms with E-state index in [0.29, 0.717) is 17.5 Å². The Balaban J connectivity index is 1.17. The third-order valence-electron chi connectivity index (χ3n) is 11.0. The topological polar surface area (TPSA) is 43.6 Å². The molecule has 0 saturated heterocycles. The van der Waals surface area contributed by atoms with Gasteiger partial charge in [0.25, 0.3) is 0 Å². The Labute approximate surface area is 330 Å². The summed E-state index contributed by atoms with van der Waals surface area (Å²) in [4.78, 5) is 15.9. The molecular weight excluding hydrogens is 693 g/mol. The van der Waals surface area contributed by atoms with Gasteiger partial charge in [0.1, 0.15) is 0 Å². The van der Waals surface area contributed by atoms with E-state index < -0.39 is 0 Å². The standard InChI is InChI=1S/C53H34N4/c1-3-14-35(15-4-1)39-28-31-47(50(34-39)57-48-24-11-9-21-45(48)46-22-10-12-25-49(46)57)53-55-51(41-27-26-36-16-7-8-19-38(36)32-41)54-52(56-53)42-29-30-44-40(33-42)20-13-23-43(44)37-17-5-2-6-18-37/h1-34H. The number of hydrogen-bond donors (Lipinski definition) is 0. The van der Waals surface area contributed by atoms with Gasteiger partial charge in [0.2, 0.25) is 0 Å². The molecule has 57 heavy (non-hydrogen) atoms. The summed E-state index contributed by atoms with van der Waals surface area (Å²) in [5.74, 6) is 1.85. The molecule has 0 N–H and O–H groups in total. The van der Waals surface area contributed by atoms with E-state index in [1.54, 1.807) is 0 Å². The number of para-hydroxylation sites is 2. The zero-order valence-corrected chi connectivity index (χ0v) is 30.9. The van der Waals surface area contributed by atoms with Crippen LogP contribution in [-0.4, -0.2) is 19.5 Å². The first-order chi connectivity index (χ1) is 28.2. The minimum atomic E-state index is 0.609. The molecule has 9 aromatic carbocycles. The summed E-state index contributed by atoms with van der Waals surface area (Å²) < 4.78 is 2.37. The van der Waals surface area contributed by atoms with Gasteiger partial charge in [-0.1, -0.05) is 170 Å². The lowest BCUT2D eigenvalue weighted by Crippen LogP contribution is -2.04. The first-order valence-electron chi connectivity index (χ1n) is 19.3. The Bertz CT molecular complexity index is 3240.